The number of aryl methyl sites for hydroxylation is 1. The molecular weight excluding hydrogens is 474 g/mol. The third-order valence-corrected chi connectivity index (χ3v) is 6.19. The molecule has 6 rings (SSSR count). The molecule has 8 bridgehead atoms. The summed E-state index contributed by atoms with van der Waals surface area (Å²) in [6.07, 6.45) is 4.44. The number of aromatic nitrogens is 3. The van der Waals surface area contributed by atoms with Crippen molar-refractivity contribution in [3.63, 3.8) is 0 Å². The molecule has 2 aromatic heterocycles. The monoisotopic (exact) mass is 500 g/mol. The zero-order valence-corrected chi connectivity index (χ0v) is 20.5. The molecule has 4 aromatic rings. The van der Waals surface area contributed by atoms with Crippen molar-refractivity contribution in [1.29, 1.82) is 0 Å². The van der Waals surface area contributed by atoms with Crippen LogP contribution in [-0.2, 0) is 6.42 Å². The average molecular weight is 501 g/mol. The third-order valence-electron chi connectivity index (χ3n) is 6.19. The SMILES string of the molecule is CC(C)c1cnc2nc1Nc1cccc(c1)CCCNC(=O)c1ccc(cc1F)-c1cnc(F)c(c1)N2. The molecule has 3 N–H and O–H groups in total. The highest BCUT2D eigenvalue weighted by atomic mass is 19.1. The molecule has 0 saturated heterocycles. The fourth-order valence-corrected chi connectivity index (χ4v) is 4.20. The molecule has 2 aliphatic rings. The fraction of sp³-hybridized carbons (Fsp3) is 0.214. The minimum atomic E-state index is -0.749. The molecule has 9 heteroatoms. The number of amides is 1. The van der Waals surface area contributed by atoms with Gasteiger partial charge in [0.15, 0.2) is 0 Å². The fourth-order valence-electron chi connectivity index (χ4n) is 4.20. The van der Waals surface area contributed by atoms with E-state index >= 15 is 0 Å². The van der Waals surface area contributed by atoms with E-state index in [9.17, 15) is 13.6 Å². The maximum absolute atomic E-state index is 14.8. The summed E-state index contributed by atoms with van der Waals surface area (Å²) < 4.78 is 29.5. The lowest BCUT2D eigenvalue weighted by molar-refractivity contribution is 0.0949. The first kappa shape index (κ1) is 24.3. The number of nitrogens with one attached hydrogen (secondary N) is 3. The maximum atomic E-state index is 14.8. The molecule has 1 amide bonds. The van der Waals surface area contributed by atoms with Gasteiger partial charge in [0.05, 0.1) is 11.3 Å². The van der Waals surface area contributed by atoms with Crippen LogP contribution in [0.25, 0.3) is 11.1 Å². The van der Waals surface area contributed by atoms with Crippen LogP contribution >= 0.6 is 0 Å². The van der Waals surface area contributed by atoms with Crippen LogP contribution in [0.4, 0.5) is 31.9 Å². The van der Waals surface area contributed by atoms with E-state index < -0.39 is 17.7 Å². The van der Waals surface area contributed by atoms with Crippen molar-refractivity contribution in [3.05, 3.63) is 89.4 Å². The Morgan fingerprint density at radius 3 is 2.62 bits per heavy atom. The molecule has 0 aliphatic carbocycles. The van der Waals surface area contributed by atoms with Crippen LogP contribution in [0.3, 0.4) is 0 Å². The first-order chi connectivity index (χ1) is 17.9. The first-order valence-corrected chi connectivity index (χ1v) is 12.1. The lowest BCUT2D eigenvalue weighted by atomic mass is 10.0. The predicted molar refractivity (Wildman–Crippen MR) is 139 cm³/mol. The van der Waals surface area contributed by atoms with E-state index in [1.807, 2.05) is 38.1 Å². The topological polar surface area (TPSA) is 91.8 Å². The van der Waals surface area contributed by atoms with E-state index in [4.69, 9.17) is 0 Å². The smallest absolute Gasteiger partial charge is 0.254 e. The van der Waals surface area contributed by atoms with Crippen molar-refractivity contribution in [2.24, 2.45) is 0 Å². The molecule has 0 spiro atoms. The van der Waals surface area contributed by atoms with E-state index in [-0.39, 0.29) is 23.1 Å². The summed E-state index contributed by atoms with van der Waals surface area (Å²) in [4.78, 5) is 25.4. The second-order valence-electron chi connectivity index (χ2n) is 9.22. The Bertz CT molecular complexity index is 1470. The van der Waals surface area contributed by atoms with Gasteiger partial charge in [-0.1, -0.05) is 32.0 Å². The quantitative estimate of drug-likeness (QED) is 0.274. The summed E-state index contributed by atoms with van der Waals surface area (Å²) in [5, 5.41) is 9.06. The van der Waals surface area contributed by atoms with Gasteiger partial charge in [-0.2, -0.15) is 9.37 Å². The molecule has 0 unspecified atom stereocenters. The number of carbonyl (C=O) groups is 1. The van der Waals surface area contributed by atoms with Gasteiger partial charge in [0.1, 0.15) is 11.6 Å². The predicted octanol–water partition coefficient (Wildman–Crippen LogP) is 6.10. The number of pyridine rings is 1. The summed E-state index contributed by atoms with van der Waals surface area (Å²) in [7, 11) is 0. The van der Waals surface area contributed by atoms with Gasteiger partial charge in [-0.05, 0) is 60.2 Å². The number of hydrogen-bond donors (Lipinski definition) is 3. The molecular formula is C28H26F2N6O. The molecule has 7 nitrogen and oxygen atoms in total. The Kier molecular flexibility index (Phi) is 6.76. The van der Waals surface area contributed by atoms with Crippen LogP contribution in [0.2, 0.25) is 0 Å². The number of hydrogen-bond acceptors (Lipinski definition) is 6. The van der Waals surface area contributed by atoms with E-state index in [0.717, 1.165) is 23.2 Å². The van der Waals surface area contributed by atoms with Gasteiger partial charge in [0, 0.05) is 35.8 Å². The third kappa shape index (κ3) is 5.40. The number of nitrogens with zero attached hydrogens (tertiary/aromatic N) is 3. The maximum Gasteiger partial charge on any atom is 0.254 e. The van der Waals surface area contributed by atoms with Crippen molar-refractivity contribution in [2.75, 3.05) is 17.2 Å². The number of anilines is 4. The molecule has 0 radical (unpaired) electrons. The number of benzene rings is 2. The lowest BCUT2D eigenvalue weighted by Crippen LogP contribution is -2.25. The van der Waals surface area contributed by atoms with Gasteiger partial charge in [-0.15, -0.1) is 0 Å². The summed E-state index contributed by atoms with van der Waals surface area (Å²) in [6.45, 7) is 4.49. The van der Waals surface area contributed by atoms with Crippen LogP contribution in [0.1, 0.15) is 47.7 Å². The number of carbonyl (C=O) groups excluding carboxylic acids is 1. The zero-order chi connectivity index (χ0) is 25.9. The normalized spacial score (nSPS) is 13.5. The Morgan fingerprint density at radius 1 is 0.946 bits per heavy atom. The molecule has 0 atom stereocenters. The van der Waals surface area contributed by atoms with Gasteiger partial charge < -0.3 is 16.0 Å². The van der Waals surface area contributed by atoms with Gasteiger partial charge in [0.25, 0.3) is 5.91 Å². The second kappa shape index (κ2) is 10.3. The molecule has 37 heavy (non-hydrogen) atoms. The van der Waals surface area contributed by atoms with Gasteiger partial charge in [0.2, 0.25) is 11.9 Å². The van der Waals surface area contributed by atoms with Crippen LogP contribution in [0, 0.1) is 11.8 Å². The lowest BCUT2D eigenvalue weighted by Gasteiger charge is -2.16. The Balaban J connectivity index is 1.59. The minimum Gasteiger partial charge on any atom is -0.352 e. The molecule has 188 valence electrons. The summed E-state index contributed by atoms with van der Waals surface area (Å²) >= 11 is 0. The highest BCUT2D eigenvalue weighted by molar-refractivity contribution is 5.95. The summed E-state index contributed by atoms with van der Waals surface area (Å²) in [5.74, 6) is -0.957. The average Bonchev–Trinajstić information content (AvgIpc) is 2.87. The number of halogens is 2. The second-order valence-corrected chi connectivity index (χ2v) is 9.22. The highest BCUT2D eigenvalue weighted by Crippen LogP contribution is 2.30. The molecule has 2 aliphatic heterocycles. The Hall–Kier alpha value is -4.40. The van der Waals surface area contributed by atoms with Crippen molar-refractivity contribution in [1.82, 2.24) is 20.3 Å². The van der Waals surface area contributed by atoms with Gasteiger partial charge in [-0.25, -0.2) is 14.4 Å². The zero-order valence-electron chi connectivity index (χ0n) is 20.5. The van der Waals surface area contributed by atoms with Crippen LogP contribution in [-0.4, -0.2) is 27.4 Å². The van der Waals surface area contributed by atoms with Crippen molar-refractivity contribution in [2.45, 2.75) is 32.6 Å². The van der Waals surface area contributed by atoms with Gasteiger partial charge >= 0.3 is 0 Å². The number of fused-ring (bicyclic) bond motifs is 6. The Labute approximate surface area is 213 Å². The minimum absolute atomic E-state index is 0.0411. The van der Waals surface area contributed by atoms with E-state index in [1.54, 1.807) is 12.3 Å². The van der Waals surface area contributed by atoms with Gasteiger partial charge in [-0.3, -0.25) is 4.79 Å². The van der Waals surface area contributed by atoms with Crippen molar-refractivity contribution in [3.8, 4) is 11.1 Å². The first-order valence-electron chi connectivity index (χ1n) is 12.1. The van der Waals surface area contributed by atoms with E-state index in [0.29, 0.717) is 29.9 Å². The van der Waals surface area contributed by atoms with Crippen molar-refractivity contribution >= 4 is 29.0 Å². The highest BCUT2D eigenvalue weighted by Gasteiger charge is 2.16. The summed E-state index contributed by atoms with van der Waals surface area (Å²) in [6, 6.07) is 13.7. The van der Waals surface area contributed by atoms with Crippen LogP contribution < -0.4 is 16.0 Å². The molecule has 4 heterocycles. The van der Waals surface area contributed by atoms with Crippen molar-refractivity contribution < 1.29 is 13.6 Å². The van der Waals surface area contributed by atoms with E-state index in [2.05, 4.69) is 30.9 Å². The number of rotatable bonds is 1. The molecule has 2 aromatic carbocycles. The standard InChI is InChI=1S/C28H26F2N6O/c1-16(2)22-15-33-28-35-24-13-19(14-32-25(24)30)18-8-9-21(23(29)12-18)27(37)31-10-4-6-17-5-3-7-20(11-17)34-26(22)36-28/h3,5,7-9,11-16H,4,6,10H2,1-2H3,(H,31,37)(H2,33,34,35,36). The summed E-state index contributed by atoms with van der Waals surface area (Å²) in [5.41, 5.74) is 3.74. The van der Waals surface area contributed by atoms with Crippen LogP contribution in [0.15, 0.2) is 60.9 Å². The van der Waals surface area contributed by atoms with E-state index in [1.165, 1.54) is 24.4 Å². The van der Waals surface area contributed by atoms with Crippen LogP contribution in [0.5, 0.6) is 0 Å². The molecule has 0 fully saturated rings. The molecule has 0 saturated carbocycles. The Morgan fingerprint density at radius 2 is 1.81 bits per heavy atom. The largest absolute Gasteiger partial charge is 0.352 e.